The summed E-state index contributed by atoms with van der Waals surface area (Å²) in [6, 6.07) is 16.0. The lowest BCUT2D eigenvalue weighted by molar-refractivity contribution is 0.390. The molecular formula is C21H21FN2O2S. The fourth-order valence-electron chi connectivity index (χ4n) is 2.87. The van der Waals surface area contributed by atoms with Crippen LogP contribution in [-0.2, 0) is 16.4 Å². The van der Waals surface area contributed by atoms with Gasteiger partial charge in [-0.1, -0.05) is 42.2 Å². The first-order chi connectivity index (χ1) is 13.0. The smallest absolute Gasteiger partial charge is 0.236 e. The fourth-order valence-corrected chi connectivity index (χ4v) is 3.95. The lowest BCUT2D eigenvalue weighted by Gasteiger charge is -2.34. The standard InChI is InChI=1S/C21H21FN2O2S/c22-20-10-12-21(13-11-20)23-14-16-24(17-15-23)27(25,26)18-6-2-5-9-19-7-3-1-4-8-19/h1,3-4,6-8,10-13,18H,9,14-17H2/b18-6-. The van der Waals surface area contributed by atoms with Crippen LogP contribution in [0.25, 0.3) is 0 Å². The van der Waals surface area contributed by atoms with Crippen molar-refractivity contribution in [3.63, 3.8) is 0 Å². The van der Waals surface area contributed by atoms with Crippen LogP contribution >= 0.6 is 0 Å². The van der Waals surface area contributed by atoms with Gasteiger partial charge in [0, 0.05) is 44.4 Å². The molecule has 0 unspecified atom stereocenters. The van der Waals surface area contributed by atoms with Crippen molar-refractivity contribution in [1.29, 1.82) is 0 Å². The van der Waals surface area contributed by atoms with Crippen LogP contribution in [0.4, 0.5) is 10.1 Å². The predicted octanol–water partition coefficient (Wildman–Crippen LogP) is 3.04. The van der Waals surface area contributed by atoms with Crippen LogP contribution in [0.2, 0.25) is 0 Å². The molecule has 2 aromatic rings. The molecule has 1 heterocycles. The zero-order chi connectivity index (χ0) is 19.1. The van der Waals surface area contributed by atoms with Gasteiger partial charge in [-0.3, -0.25) is 0 Å². The van der Waals surface area contributed by atoms with Crippen molar-refractivity contribution < 1.29 is 12.8 Å². The van der Waals surface area contributed by atoms with Gasteiger partial charge in [0.05, 0.1) is 5.41 Å². The van der Waals surface area contributed by atoms with Crippen LogP contribution in [0, 0.1) is 17.7 Å². The quantitative estimate of drug-likeness (QED) is 0.761. The molecule has 1 aliphatic heterocycles. The van der Waals surface area contributed by atoms with Gasteiger partial charge in [0.1, 0.15) is 5.82 Å². The van der Waals surface area contributed by atoms with E-state index in [0.717, 1.165) is 11.3 Å². The molecule has 0 spiro atoms. The van der Waals surface area contributed by atoms with Crippen LogP contribution in [0.1, 0.15) is 5.56 Å². The Bertz CT molecular complexity index is 937. The molecule has 0 radical (unpaired) electrons. The summed E-state index contributed by atoms with van der Waals surface area (Å²) >= 11 is 0. The average Bonchev–Trinajstić information content (AvgIpc) is 2.69. The molecule has 0 N–H and O–H groups in total. The number of allylic oxidation sites excluding steroid dienone is 1. The van der Waals surface area contributed by atoms with E-state index in [4.69, 9.17) is 0 Å². The molecule has 1 fully saturated rings. The Balaban J connectivity index is 1.53. The van der Waals surface area contributed by atoms with E-state index in [1.807, 2.05) is 30.3 Å². The third-order valence-corrected chi connectivity index (χ3v) is 5.92. The molecule has 0 aliphatic carbocycles. The van der Waals surface area contributed by atoms with Crippen molar-refractivity contribution in [2.45, 2.75) is 6.42 Å². The van der Waals surface area contributed by atoms with Crippen LogP contribution in [0.15, 0.2) is 66.1 Å². The van der Waals surface area contributed by atoms with Crippen LogP contribution in [-0.4, -0.2) is 38.9 Å². The summed E-state index contributed by atoms with van der Waals surface area (Å²) < 4.78 is 39.3. The molecule has 0 aromatic heterocycles. The van der Waals surface area contributed by atoms with Crippen molar-refractivity contribution in [2.75, 3.05) is 31.1 Å². The molecule has 140 valence electrons. The number of benzene rings is 2. The Kier molecular flexibility index (Phi) is 6.28. The van der Waals surface area contributed by atoms with Gasteiger partial charge in [-0.25, -0.2) is 12.8 Å². The number of rotatable bonds is 4. The van der Waals surface area contributed by atoms with E-state index in [1.54, 1.807) is 12.1 Å². The highest BCUT2D eigenvalue weighted by Gasteiger charge is 2.25. The number of hydrogen-bond acceptors (Lipinski definition) is 3. The summed E-state index contributed by atoms with van der Waals surface area (Å²) in [5, 5.41) is 1.17. The molecule has 0 amide bonds. The highest BCUT2D eigenvalue weighted by molar-refractivity contribution is 7.92. The normalized spacial score (nSPS) is 15.5. The zero-order valence-corrected chi connectivity index (χ0v) is 15.7. The molecule has 1 saturated heterocycles. The van der Waals surface area contributed by atoms with Gasteiger partial charge in [0.25, 0.3) is 0 Å². The first-order valence-corrected chi connectivity index (χ1v) is 10.2. The molecular weight excluding hydrogens is 363 g/mol. The molecule has 6 heteroatoms. The summed E-state index contributed by atoms with van der Waals surface area (Å²) in [6.07, 6.45) is 1.98. The molecule has 3 rings (SSSR count). The number of anilines is 1. The lowest BCUT2D eigenvalue weighted by atomic mass is 10.2. The summed E-state index contributed by atoms with van der Waals surface area (Å²) in [5.74, 6) is 5.46. The monoisotopic (exact) mass is 384 g/mol. The maximum absolute atomic E-state index is 13.0. The van der Waals surface area contributed by atoms with E-state index in [0.29, 0.717) is 32.6 Å². The van der Waals surface area contributed by atoms with Crippen LogP contribution < -0.4 is 4.90 Å². The van der Waals surface area contributed by atoms with Crippen molar-refractivity contribution in [3.05, 3.63) is 77.5 Å². The van der Waals surface area contributed by atoms with E-state index in [2.05, 4.69) is 16.7 Å². The maximum atomic E-state index is 13.0. The Morgan fingerprint density at radius 1 is 0.963 bits per heavy atom. The van der Waals surface area contributed by atoms with Crippen molar-refractivity contribution in [3.8, 4) is 11.8 Å². The Morgan fingerprint density at radius 3 is 2.30 bits per heavy atom. The molecule has 1 aliphatic rings. The molecule has 0 bridgehead atoms. The lowest BCUT2D eigenvalue weighted by Crippen LogP contribution is -2.48. The van der Waals surface area contributed by atoms with Gasteiger partial charge in [-0.15, -0.1) is 0 Å². The van der Waals surface area contributed by atoms with E-state index < -0.39 is 10.0 Å². The maximum Gasteiger partial charge on any atom is 0.236 e. The number of piperazine rings is 1. The largest absolute Gasteiger partial charge is 0.369 e. The second kappa shape index (κ2) is 8.85. The molecule has 4 nitrogen and oxygen atoms in total. The minimum atomic E-state index is -3.48. The summed E-state index contributed by atoms with van der Waals surface area (Å²) in [5.41, 5.74) is 1.99. The van der Waals surface area contributed by atoms with E-state index in [9.17, 15) is 12.8 Å². The minimum Gasteiger partial charge on any atom is -0.369 e. The summed E-state index contributed by atoms with van der Waals surface area (Å²) in [7, 11) is -3.48. The highest BCUT2D eigenvalue weighted by atomic mass is 32.2. The third-order valence-electron chi connectivity index (χ3n) is 4.35. The first-order valence-electron chi connectivity index (χ1n) is 8.74. The van der Waals surface area contributed by atoms with E-state index in [1.165, 1.54) is 27.9 Å². The number of halogens is 1. The fraction of sp³-hybridized carbons (Fsp3) is 0.238. The van der Waals surface area contributed by atoms with Gasteiger partial charge in [-0.2, -0.15) is 4.31 Å². The minimum absolute atomic E-state index is 0.279. The molecule has 2 aromatic carbocycles. The Labute approximate surface area is 160 Å². The Hall–Kier alpha value is -2.62. The Morgan fingerprint density at radius 2 is 1.63 bits per heavy atom. The topological polar surface area (TPSA) is 40.6 Å². The third kappa shape index (κ3) is 5.43. The second-order valence-corrected chi connectivity index (χ2v) is 8.01. The van der Waals surface area contributed by atoms with E-state index >= 15 is 0 Å². The number of hydrogen-bond donors (Lipinski definition) is 0. The van der Waals surface area contributed by atoms with Crippen molar-refractivity contribution in [1.82, 2.24) is 4.31 Å². The predicted molar refractivity (Wildman–Crippen MR) is 106 cm³/mol. The van der Waals surface area contributed by atoms with E-state index in [-0.39, 0.29) is 5.82 Å². The molecule has 0 saturated carbocycles. The summed E-state index contributed by atoms with van der Waals surface area (Å²) in [6.45, 7) is 1.92. The number of nitrogens with zero attached hydrogens (tertiary/aromatic N) is 2. The first kappa shape index (κ1) is 19.2. The zero-order valence-electron chi connectivity index (χ0n) is 14.9. The van der Waals surface area contributed by atoms with Gasteiger partial charge in [0.2, 0.25) is 10.0 Å². The van der Waals surface area contributed by atoms with Crippen LogP contribution in [0.5, 0.6) is 0 Å². The average molecular weight is 384 g/mol. The molecule has 27 heavy (non-hydrogen) atoms. The van der Waals surface area contributed by atoms with Gasteiger partial charge in [0.15, 0.2) is 0 Å². The molecule has 0 atom stereocenters. The SMILES string of the molecule is O=S(=O)(/C=C\C#CCc1ccccc1)N1CCN(c2ccc(F)cc2)CC1. The van der Waals surface area contributed by atoms with Gasteiger partial charge in [-0.05, 0) is 29.8 Å². The summed E-state index contributed by atoms with van der Waals surface area (Å²) in [4.78, 5) is 2.05. The van der Waals surface area contributed by atoms with Crippen LogP contribution in [0.3, 0.4) is 0 Å². The van der Waals surface area contributed by atoms with Gasteiger partial charge < -0.3 is 4.90 Å². The highest BCUT2D eigenvalue weighted by Crippen LogP contribution is 2.18. The second-order valence-electron chi connectivity index (χ2n) is 6.19. The van der Waals surface area contributed by atoms with Crippen molar-refractivity contribution >= 4 is 15.7 Å². The number of sulfonamides is 1. The van der Waals surface area contributed by atoms with Crippen molar-refractivity contribution in [2.24, 2.45) is 0 Å². The van der Waals surface area contributed by atoms with Gasteiger partial charge >= 0.3 is 0 Å².